The molecule has 2 atom stereocenters. The second-order valence-corrected chi connectivity index (χ2v) is 14.9. The SMILES string of the molecule is C=C[Si](C)(CC(CC)c1ccccc1)O[Si](C)(C)C. The van der Waals surface area contributed by atoms with Crippen molar-refractivity contribution in [2.75, 3.05) is 0 Å². The molecule has 0 fully saturated rings. The molecule has 0 spiro atoms. The monoisotopic (exact) mass is 292 g/mol. The Morgan fingerprint density at radius 2 is 1.74 bits per heavy atom. The van der Waals surface area contributed by atoms with Crippen LogP contribution in [0, 0.1) is 0 Å². The van der Waals surface area contributed by atoms with Gasteiger partial charge in [-0.05, 0) is 50.1 Å². The van der Waals surface area contributed by atoms with Crippen molar-refractivity contribution in [3.8, 4) is 0 Å². The second-order valence-electron chi connectivity index (χ2n) is 6.45. The fourth-order valence-corrected chi connectivity index (χ4v) is 10.5. The summed E-state index contributed by atoms with van der Waals surface area (Å²) in [4.78, 5) is 0. The Kier molecular flexibility index (Phi) is 5.77. The first kappa shape index (κ1) is 16.4. The van der Waals surface area contributed by atoms with Gasteiger partial charge in [0.25, 0.3) is 0 Å². The van der Waals surface area contributed by atoms with E-state index in [4.69, 9.17) is 4.12 Å². The van der Waals surface area contributed by atoms with Crippen LogP contribution < -0.4 is 0 Å². The minimum atomic E-state index is -1.80. The summed E-state index contributed by atoms with van der Waals surface area (Å²) in [5.41, 5.74) is 3.56. The Hall–Kier alpha value is -0.646. The Morgan fingerprint density at radius 3 is 2.16 bits per heavy atom. The van der Waals surface area contributed by atoms with Gasteiger partial charge in [-0.15, -0.1) is 6.58 Å². The third-order valence-electron chi connectivity index (χ3n) is 3.39. The average molecular weight is 293 g/mol. The van der Waals surface area contributed by atoms with Crippen molar-refractivity contribution in [2.45, 2.75) is 51.5 Å². The highest BCUT2D eigenvalue weighted by Gasteiger charge is 2.34. The molecule has 3 heteroatoms. The normalized spacial score (nSPS) is 16.7. The van der Waals surface area contributed by atoms with E-state index in [1.165, 1.54) is 5.56 Å². The van der Waals surface area contributed by atoms with E-state index in [1.807, 2.05) is 0 Å². The lowest BCUT2D eigenvalue weighted by Crippen LogP contribution is -2.44. The van der Waals surface area contributed by atoms with Gasteiger partial charge in [0.1, 0.15) is 0 Å². The van der Waals surface area contributed by atoms with Gasteiger partial charge in [0.2, 0.25) is 8.32 Å². The van der Waals surface area contributed by atoms with E-state index in [1.54, 1.807) is 0 Å². The molecule has 1 nitrogen and oxygen atoms in total. The maximum absolute atomic E-state index is 6.49. The van der Waals surface area contributed by atoms with Crippen LogP contribution in [0.4, 0.5) is 0 Å². The highest BCUT2D eigenvalue weighted by Crippen LogP contribution is 2.32. The molecule has 0 saturated carbocycles. The summed E-state index contributed by atoms with van der Waals surface area (Å²) < 4.78 is 6.49. The molecule has 2 unspecified atom stereocenters. The molecule has 0 heterocycles. The van der Waals surface area contributed by atoms with Crippen LogP contribution in [0.3, 0.4) is 0 Å². The van der Waals surface area contributed by atoms with Crippen molar-refractivity contribution in [2.24, 2.45) is 0 Å². The minimum Gasteiger partial charge on any atom is -0.453 e. The number of hydrogen-bond acceptors (Lipinski definition) is 1. The summed E-state index contributed by atoms with van der Waals surface area (Å²) >= 11 is 0. The van der Waals surface area contributed by atoms with Crippen LogP contribution in [0.1, 0.15) is 24.8 Å². The Morgan fingerprint density at radius 1 is 1.16 bits per heavy atom. The number of hydrogen-bond donors (Lipinski definition) is 0. The predicted molar refractivity (Wildman–Crippen MR) is 90.5 cm³/mol. The molecular formula is C16H28OSi2. The fourth-order valence-electron chi connectivity index (χ4n) is 2.58. The summed E-state index contributed by atoms with van der Waals surface area (Å²) in [6.45, 7) is 15.4. The first-order valence-corrected chi connectivity index (χ1v) is 13.3. The lowest BCUT2D eigenvalue weighted by atomic mass is 9.99. The van der Waals surface area contributed by atoms with Crippen molar-refractivity contribution in [1.29, 1.82) is 0 Å². The van der Waals surface area contributed by atoms with Gasteiger partial charge in [-0.25, -0.2) is 0 Å². The van der Waals surface area contributed by atoms with Gasteiger partial charge >= 0.3 is 0 Å². The maximum atomic E-state index is 6.49. The molecule has 1 aromatic carbocycles. The van der Waals surface area contributed by atoms with Gasteiger partial charge in [-0.2, -0.15) is 0 Å². The molecule has 0 aliphatic rings. The molecule has 1 rings (SSSR count). The van der Waals surface area contributed by atoms with E-state index in [0.29, 0.717) is 5.92 Å². The third kappa shape index (κ3) is 5.47. The molecule has 0 amide bonds. The van der Waals surface area contributed by atoms with Crippen LogP contribution in [0.5, 0.6) is 0 Å². The van der Waals surface area contributed by atoms with Gasteiger partial charge in [0.05, 0.1) is 0 Å². The lowest BCUT2D eigenvalue weighted by molar-refractivity contribution is 0.538. The summed E-state index contributed by atoms with van der Waals surface area (Å²) in [7, 11) is -3.30. The van der Waals surface area contributed by atoms with E-state index < -0.39 is 16.6 Å². The van der Waals surface area contributed by atoms with Crippen molar-refractivity contribution < 1.29 is 4.12 Å². The van der Waals surface area contributed by atoms with Crippen molar-refractivity contribution >= 4 is 16.6 Å². The molecule has 0 bridgehead atoms. The topological polar surface area (TPSA) is 9.23 Å². The smallest absolute Gasteiger partial charge is 0.201 e. The van der Waals surface area contributed by atoms with Crippen molar-refractivity contribution in [3.05, 3.63) is 48.2 Å². The van der Waals surface area contributed by atoms with E-state index in [9.17, 15) is 0 Å². The number of benzene rings is 1. The lowest BCUT2D eigenvalue weighted by Gasteiger charge is -2.34. The van der Waals surface area contributed by atoms with Gasteiger partial charge in [-0.3, -0.25) is 0 Å². The van der Waals surface area contributed by atoms with Crippen LogP contribution >= 0.6 is 0 Å². The maximum Gasteiger partial charge on any atom is 0.201 e. The molecule has 0 aliphatic carbocycles. The van der Waals surface area contributed by atoms with Crippen molar-refractivity contribution in [1.82, 2.24) is 0 Å². The van der Waals surface area contributed by atoms with Crippen LogP contribution in [-0.2, 0) is 4.12 Å². The molecule has 0 saturated heterocycles. The minimum absolute atomic E-state index is 0.590. The zero-order valence-corrected chi connectivity index (χ0v) is 15.1. The molecule has 0 radical (unpaired) electrons. The molecule has 19 heavy (non-hydrogen) atoms. The Bertz CT molecular complexity index is 397. The fraction of sp³-hybridized carbons (Fsp3) is 0.500. The highest BCUT2D eigenvalue weighted by atomic mass is 28.4. The van der Waals surface area contributed by atoms with Crippen LogP contribution in [-0.4, -0.2) is 16.6 Å². The van der Waals surface area contributed by atoms with Gasteiger partial charge in [-0.1, -0.05) is 43.0 Å². The van der Waals surface area contributed by atoms with Crippen LogP contribution in [0.25, 0.3) is 0 Å². The zero-order valence-electron chi connectivity index (χ0n) is 13.1. The molecule has 106 valence electrons. The highest BCUT2D eigenvalue weighted by molar-refractivity contribution is 6.87. The number of rotatable bonds is 7. The van der Waals surface area contributed by atoms with Gasteiger partial charge < -0.3 is 4.12 Å². The zero-order chi connectivity index (χ0) is 14.5. The van der Waals surface area contributed by atoms with Crippen LogP contribution in [0.15, 0.2) is 42.6 Å². The predicted octanol–water partition coefficient (Wildman–Crippen LogP) is 5.33. The quantitative estimate of drug-likeness (QED) is 0.617. The molecule has 0 aromatic heterocycles. The largest absolute Gasteiger partial charge is 0.453 e. The second kappa shape index (κ2) is 6.68. The van der Waals surface area contributed by atoms with E-state index >= 15 is 0 Å². The molecule has 0 N–H and O–H groups in total. The van der Waals surface area contributed by atoms with E-state index in [-0.39, 0.29) is 0 Å². The average Bonchev–Trinajstić information content (AvgIpc) is 2.35. The molecule has 1 aromatic rings. The Balaban J connectivity index is 2.86. The first-order chi connectivity index (χ1) is 8.79. The summed E-state index contributed by atoms with van der Waals surface area (Å²) in [5, 5.41) is 0. The molecular weight excluding hydrogens is 264 g/mol. The molecule has 0 aliphatic heterocycles. The van der Waals surface area contributed by atoms with Gasteiger partial charge in [0.15, 0.2) is 8.32 Å². The first-order valence-electron chi connectivity index (χ1n) is 7.18. The van der Waals surface area contributed by atoms with Crippen LogP contribution in [0.2, 0.25) is 32.2 Å². The summed E-state index contributed by atoms with van der Waals surface area (Å²) in [5.74, 6) is 0.590. The van der Waals surface area contributed by atoms with E-state index in [2.05, 4.69) is 75.7 Å². The van der Waals surface area contributed by atoms with Crippen molar-refractivity contribution in [3.63, 3.8) is 0 Å². The standard InChI is InChI=1S/C16H28OSi2/c1-7-15(16-12-10-9-11-13-16)14-19(6,8-2)17-18(3,4)5/h8-13,15H,2,7,14H2,1,3-6H3. The third-order valence-corrected chi connectivity index (χ3v) is 9.87. The summed E-state index contributed by atoms with van der Waals surface area (Å²) in [6.07, 6.45) is 1.16. The Labute approximate surface area is 121 Å². The summed E-state index contributed by atoms with van der Waals surface area (Å²) in [6, 6.07) is 12.0. The van der Waals surface area contributed by atoms with E-state index in [0.717, 1.165) is 12.5 Å². The van der Waals surface area contributed by atoms with Gasteiger partial charge in [0, 0.05) is 0 Å².